The van der Waals surface area contributed by atoms with Gasteiger partial charge in [-0.2, -0.15) is 13.2 Å². The highest BCUT2D eigenvalue weighted by atomic mass is 19.4. The SMILES string of the molecule is CN(CC=O)CCC(F)(F)F. The zero-order chi connectivity index (χ0) is 8.91. The van der Waals surface area contributed by atoms with Gasteiger partial charge in [-0.25, -0.2) is 0 Å². The van der Waals surface area contributed by atoms with Crippen molar-refractivity contribution in [1.29, 1.82) is 0 Å². The van der Waals surface area contributed by atoms with Crippen molar-refractivity contribution in [3.8, 4) is 0 Å². The summed E-state index contributed by atoms with van der Waals surface area (Å²) in [5.41, 5.74) is 0. The van der Waals surface area contributed by atoms with Gasteiger partial charge >= 0.3 is 6.18 Å². The zero-order valence-corrected chi connectivity index (χ0v) is 6.19. The van der Waals surface area contributed by atoms with Crippen molar-refractivity contribution in [3.05, 3.63) is 0 Å². The van der Waals surface area contributed by atoms with Crippen molar-refractivity contribution in [2.75, 3.05) is 20.1 Å². The van der Waals surface area contributed by atoms with E-state index in [1.54, 1.807) is 0 Å². The number of alkyl halides is 3. The van der Waals surface area contributed by atoms with E-state index in [0.717, 1.165) is 0 Å². The molecule has 66 valence electrons. The van der Waals surface area contributed by atoms with Crippen LogP contribution in [0.25, 0.3) is 0 Å². The summed E-state index contributed by atoms with van der Waals surface area (Å²) in [6.07, 6.45) is -4.41. The van der Waals surface area contributed by atoms with Gasteiger partial charge in [-0.1, -0.05) is 0 Å². The van der Waals surface area contributed by atoms with Gasteiger partial charge in [-0.3, -0.25) is 4.90 Å². The van der Waals surface area contributed by atoms with Gasteiger partial charge in [0.1, 0.15) is 6.29 Å². The molecule has 0 aromatic rings. The number of hydrogen-bond donors (Lipinski definition) is 0. The molecule has 11 heavy (non-hydrogen) atoms. The lowest BCUT2D eigenvalue weighted by Crippen LogP contribution is -2.25. The van der Waals surface area contributed by atoms with Gasteiger partial charge in [0.05, 0.1) is 13.0 Å². The van der Waals surface area contributed by atoms with E-state index in [9.17, 15) is 18.0 Å². The fourth-order valence-electron chi connectivity index (χ4n) is 0.536. The van der Waals surface area contributed by atoms with Crippen molar-refractivity contribution in [2.24, 2.45) is 0 Å². The predicted octanol–water partition coefficient (Wildman–Crippen LogP) is 1.07. The second-order valence-corrected chi connectivity index (χ2v) is 2.29. The van der Waals surface area contributed by atoms with Crippen molar-refractivity contribution < 1.29 is 18.0 Å². The summed E-state index contributed by atoms with van der Waals surface area (Å²) in [7, 11) is 1.47. The van der Waals surface area contributed by atoms with Gasteiger partial charge in [0.25, 0.3) is 0 Å². The average Bonchev–Trinajstić information content (AvgIpc) is 1.83. The van der Waals surface area contributed by atoms with E-state index in [1.807, 2.05) is 0 Å². The van der Waals surface area contributed by atoms with Crippen LogP contribution in [0.1, 0.15) is 6.42 Å². The van der Waals surface area contributed by atoms with Crippen LogP contribution in [0.2, 0.25) is 0 Å². The largest absolute Gasteiger partial charge is 0.390 e. The Labute approximate surface area is 63.0 Å². The summed E-state index contributed by atoms with van der Waals surface area (Å²) in [6, 6.07) is 0. The first-order valence-electron chi connectivity index (χ1n) is 3.14. The third-order valence-corrected chi connectivity index (χ3v) is 1.16. The lowest BCUT2D eigenvalue weighted by Gasteiger charge is -2.13. The van der Waals surface area contributed by atoms with E-state index in [4.69, 9.17) is 0 Å². The van der Waals surface area contributed by atoms with Crippen LogP contribution in [-0.4, -0.2) is 37.5 Å². The van der Waals surface area contributed by atoms with Crippen molar-refractivity contribution in [1.82, 2.24) is 4.90 Å². The first-order chi connectivity index (χ1) is 4.95. The van der Waals surface area contributed by atoms with Crippen LogP contribution in [0.5, 0.6) is 0 Å². The quantitative estimate of drug-likeness (QED) is 0.587. The highest BCUT2D eigenvalue weighted by molar-refractivity contribution is 5.51. The number of rotatable bonds is 4. The Kier molecular flexibility index (Phi) is 4.10. The van der Waals surface area contributed by atoms with Crippen molar-refractivity contribution in [3.63, 3.8) is 0 Å². The maximum atomic E-state index is 11.5. The Morgan fingerprint density at radius 3 is 2.36 bits per heavy atom. The highest BCUT2D eigenvalue weighted by Gasteiger charge is 2.26. The average molecular weight is 169 g/mol. The molecule has 0 spiro atoms. The van der Waals surface area contributed by atoms with Crippen LogP contribution in [0.4, 0.5) is 13.2 Å². The zero-order valence-electron chi connectivity index (χ0n) is 6.19. The molecule has 0 bridgehead atoms. The Bertz CT molecular complexity index is 123. The van der Waals surface area contributed by atoms with Gasteiger partial charge in [0, 0.05) is 6.54 Å². The van der Waals surface area contributed by atoms with E-state index < -0.39 is 12.6 Å². The Morgan fingerprint density at radius 2 is 2.00 bits per heavy atom. The van der Waals surface area contributed by atoms with E-state index in [-0.39, 0.29) is 13.1 Å². The molecule has 2 nitrogen and oxygen atoms in total. The molecule has 0 heterocycles. The molecule has 0 unspecified atom stereocenters. The molecule has 0 aliphatic rings. The fourth-order valence-corrected chi connectivity index (χ4v) is 0.536. The molecule has 0 saturated carbocycles. The van der Waals surface area contributed by atoms with Gasteiger partial charge in [-0.15, -0.1) is 0 Å². The number of nitrogens with zero attached hydrogens (tertiary/aromatic N) is 1. The molecule has 0 atom stereocenters. The van der Waals surface area contributed by atoms with Crippen molar-refractivity contribution in [2.45, 2.75) is 12.6 Å². The molecule has 0 aliphatic heterocycles. The van der Waals surface area contributed by atoms with Crippen LogP contribution in [0, 0.1) is 0 Å². The molecule has 0 radical (unpaired) electrons. The highest BCUT2D eigenvalue weighted by Crippen LogP contribution is 2.19. The van der Waals surface area contributed by atoms with Gasteiger partial charge < -0.3 is 4.79 Å². The van der Waals surface area contributed by atoms with Crippen LogP contribution in [-0.2, 0) is 4.79 Å². The summed E-state index contributed by atoms with van der Waals surface area (Å²) < 4.78 is 34.6. The number of aldehydes is 1. The predicted molar refractivity (Wildman–Crippen MR) is 34.2 cm³/mol. The Hall–Kier alpha value is -0.580. The standard InChI is InChI=1S/C6H10F3NO/c1-10(4-5-11)3-2-6(7,8)9/h5H,2-4H2,1H3. The Morgan fingerprint density at radius 1 is 1.45 bits per heavy atom. The minimum absolute atomic E-state index is 0.0517. The minimum atomic E-state index is -4.13. The molecule has 0 amide bonds. The van der Waals surface area contributed by atoms with Gasteiger partial charge in [-0.05, 0) is 7.05 Å². The summed E-state index contributed by atoms with van der Waals surface area (Å²) in [6.45, 7) is -0.0711. The van der Waals surface area contributed by atoms with E-state index >= 15 is 0 Å². The maximum absolute atomic E-state index is 11.5. The topological polar surface area (TPSA) is 20.3 Å². The molecule has 0 aliphatic carbocycles. The van der Waals surface area contributed by atoms with Gasteiger partial charge in [0.15, 0.2) is 0 Å². The van der Waals surface area contributed by atoms with Crippen LogP contribution >= 0.6 is 0 Å². The lowest BCUT2D eigenvalue weighted by atomic mass is 10.4. The number of likely N-dealkylation sites (N-methyl/N-ethyl adjacent to an activating group) is 1. The van der Waals surface area contributed by atoms with E-state index in [0.29, 0.717) is 6.29 Å². The fraction of sp³-hybridized carbons (Fsp3) is 0.833. The second-order valence-electron chi connectivity index (χ2n) is 2.29. The molecule has 0 N–H and O–H groups in total. The first kappa shape index (κ1) is 10.4. The molecular formula is C6H10F3NO. The van der Waals surface area contributed by atoms with E-state index in [1.165, 1.54) is 11.9 Å². The van der Waals surface area contributed by atoms with Gasteiger partial charge in [0.2, 0.25) is 0 Å². The number of hydrogen-bond acceptors (Lipinski definition) is 2. The molecule has 5 heteroatoms. The normalized spacial score (nSPS) is 12.1. The Balaban J connectivity index is 3.45. The first-order valence-corrected chi connectivity index (χ1v) is 3.14. The number of halogens is 3. The third kappa shape index (κ3) is 7.32. The second kappa shape index (κ2) is 4.33. The third-order valence-electron chi connectivity index (χ3n) is 1.16. The van der Waals surface area contributed by atoms with E-state index in [2.05, 4.69) is 0 Å². The summed E-state index contributed by atoms with van der Waals surface area (Å²) >= 11 is 0. The summed E-state index contributed by atoms with van der Waals surface area (Å²) in [5.74, 6) is 0. The molecule has 0 fully saturated rings. The van der Waals surface area contributed by atoms with Crippen LogP contribution < -0.4 is 0 Å². The monoisotopic (exact) mass is 169 g/mol. The van der Waals surface area contributed by atoms with Crippen LogP contribution in [0.15, 0.2) is 0 Å². The molecular weight excluding hydrogens is 159 g/mol. The lowest BCUT2D eigenvalue weighted by molar-refractivity contribution is -0.138. The molecule has 0 saturated heterocycles. The number of carbonyl (C=O) groups is 1. The molecule has 0 rings (SSSR count). The minimum Gasteiger partial charge on any atom is -0.302 e. The van der Waals surface area contributed by atoms with Crippen molar-refractivity contribution >= 4 is 6.29 Å². The molecule has 0 aromatic carbocycles. The smallest absolute Gasteiger partial charge is 0.302 e. The van der Waals surface area contributed by atoms with Crippen LogP contribution in [0.3, 0.4) is 0 Å². The maximum Gasteiger partial charge on any atom is 0.390 e. The summed E-state index contributed by atoms with van der Waals surface area (Å²) in [5, 5.41) is 0. The molecule has 0 aromatic heterocycles. The summed E-state index contributed by atoms with van der Waals surface area (Å²) in [4.78, 5) is 11.1. The number of carbonyl (C=O) groups excluding carboxylic acids is 1.